The number of anilines is 1. The van der Waals surface area contributed by atoms with Gasteiger partial charge < -0.3 is 10.2 Å². The van der Waals surface area contributed by atoms with Gasteiger partial charge in [0.2, 0.25) is 16.9 Å². The molecule has 1 N–H and O–H groups in total. The summed E-state index contributed by atoms with van der Waals surface area (Å²) in [5.74, 6) is -0.105. The molecule has 3 rings (SSSR count). The average Bonchev–Trinajstić information content (AvgIpc) is 3.05. The normalized spacial score (nSPS) is 25.0. The summed E-state index contributed by atoms with van der Waals surface area (Å²) in [6.07, 6.45) is 3.90. The minimum absolute atomic E-state index is 0.0772. The van der Waals surface area contributed by atoms with Gasteiger partial charge in [-0.05, 0) is 26.3 Å². The van der Waals surface area contributed by atoms with E-state index >= 15 is 0 Å². The fraction of sp³-hybridized carbons (Fsp3) is 0.714. The van der Waals surface area contributed by atoms with Gasteiger partial charge in [0.15, 0.2) is 0 Å². The molecule has 1 aromatic heterocycles. The first-order chi connectivity index (χ1) is 10.6. The SMILES string of the molecule is CN1[C@H]2CC[C@@H]1CN(C(=O)CCC(=O)Nc1nncs1)CC2. The second kappa shape index (κ2) is 6.70. The Hall–Kier alpha value is -1.54. The average molecular weight is 323 g/mol. The van der Waals surface area contributed by atoms with Crippen LogP contribution in [0.5, 0.6) is 0 Å². The Balaban J connectivity index is 1.46. The monoisotopic (exact) mass is 323 g/mol. The number of hydrogen-bond donors (Lipinski definition) is 1. The summed E-state index contributed by atoms with van der Waals surface area (Å²) in [6, 6.07) is 1.09. The van der Waals surface area contributed by atoms with Gasteiger partial charge in [0.05, 0.1) is 0 Å². The van der Waals surface area contributed by atoms with Crippen LogP contribution < -0.4 is 5.32 Å². The van der Waals surface area contributed by atoms with Crippen LogP contribution in [0.15, 0.2) is 5.51 Å². The molecule has 7 nitrogen and oxygen atoms in total. The van der Waals surface area contributed by atoms with Crippen LogP contribution in [0.3, 0.4) is 0 Å². The van der Waals surface area contributed by atoms with Gasteiger partial charge >= 0.3 is 0 Å². The van der Waals surface area contributed by atoms with Gasteiger partial charge in [0.1, 0.15) is 5.51 Å². The largest absolute Gasteiger partial charge is 0.341 e. The molecule has 0 saturated carbocycles. The third-order valence-corrected chi connectivity index (χ3v) is 5.28. The van der Waals surface area contributed by atoms with Crippen molar-refractivity contribution in [1.29, 1.82) is 0 Å². The number of fused-ring (bicyclic) bond motifs is 2. The summed E-state index contributed by atoms with van der Waals surface area (Å²) in [4.78, 5) is 28.5. The number of carbonyl (C=O) groups is 2. The van der Waals surface area contributed by atoms with Crippen molar-refractivity contribution in [2.45, 2.75) is 44.2 Å². The Morgan fingerprint density at radius 2 is 2.14 bits per heavy atom. The highest BCUT2D eigenvalue weighted by Gasteiger charge is 2.35. The predicted octanol–water partition coefficient (Wildman–Crippen LogP) is 0.952. The molecule has 2 atom stereocenters. The molecular weight excluding hydrogens is 302 g/mol. The zero-order chi connectivity index (χ0) is 15.5. The Bertz CT molecular complexity index is 535. The van der Waals surface area contributed by atoms with Gasteiger partial charge in [0, 0.05) is 38.0 Å². The Morgan fingerprint density at radius 3 is 2.91 bits per heavy atom. The van der Waals surface area contributed by atoms with E-state index in [1.165, 1.54) is 24.2 Å². The molecular formula is C14H21N5O2S. The molecule has 2 fully saturated rings. The van der Waals surface area contributed by atoms with E-state index in [4.69, 9.17) is 0 Å². The van der Waals surface area contributed by atoms with Crippen molar-refractivity contribution >= 4 is 28.3 Å². The van der Waals surface area contributed by atoms with Crippen LogP contribution in [0, 0.1) is 0 Å². The van der Waals surface area contributed by atoms with Crippen LogP contribution in [0.2, 0.25) is 0 Å². The summed E-state index contributed by atoms with van der Waals surface area (Å²) in [5, 5.41) is 10.5. The first-order valence-electron chi connectivity index (χ1n) is 7.69. The molecule has 3 heterocycles. The zero-order valence-corrected chi connectivity index (χ0v) is 13.5. The van der Waals surface area contributed by atoms with Crippen LogP contribution in [0.1, 0.15) is 32.1 Å². The highest BCUT2D eigenvalue weighted by molar-refractivity contribution is 7.13. The minimum atomic E-state index is -0.182. The number of amides is 2. The van der Waals surface area contributed by atoms with E-state index in [1.54, 1.807) is 5.51 Å². The predicted molar refractivity (Wildman–Crippen MR) is 83.5 cm³/mol. The number of carbonyl (C=O) groups excluding carboxylic acids is 2. The van der Waals surface area contributed by atoms with Crippen LogP contribution >= 0.6 is 11.3 Å². The summed E-state index contributed by atoms with van der Waals surface area (Å²) in [5.41, 5.74) is 1.56. The summed E-state index contributed by atoms with van der Waals surface area (Å²) < 4.78 is 0. The number of rotatable bonds is 4. The molecule has 2 saturated heterocycles. The number of nitrogens with zero attached hydrogens (tertiary/aromatic N) is 4. The number of hydrogen-bond acceptors (Lipinski definition) is 6. The van der Waals surface area contributed by atoms with Crippen molar-refractivity contribution in [3.63, 3.8) is 0 Å². The number of likely N-dealkylation sites (tertiary alicyclic amines) is 1. The molecule has 2 aliphatic heterocycles. The molecule has 0 radical (unpaired) electrons. The smallest absolute Gasteiger partial charge is 0.226 e. The van der Waals surface area contributed by atoms with E-state index in [1.807, 2.05) is 4.90 Å². The zero-order valence-electron chi connectivity index (χ0n) is 12.7. The van der Waals surface area contributed by atoms with Crippen molar-refractivity contribution in [3.05, 3.63) is 5.51 Å². The van der Waals surface area contributed by atoms with Crippen molar-refractivity contribution in [2.75, 3.05) is 25.5 Å². The van der Waals surface area contributed by atoms with Gasteiger partial charge in [-0.2, -0.15) is 0 Å². The highest BCUT2D eigenvalue weighted by Crippen LogP contribution is 2.28. The molecule has 8 heteroatoms. The van der Waals surface area contributed by atoms with Gasteiger partial charge in [-0.15, -0.1) is 10.2 Å². The van der Waals surface area contributed by atoms with Gasteiger partial charge in [-0.25, -0.2) is 0 Å². The van der Waals surface area contributed by atoms with Crippen LogP contribution in [0.25, 0.3) is 0 Å². The van der Waals surface area contributed by atoms with Gasteiger partial charge in [-0.1, -0.05) is 11.3 Å². The number of aromatic nitrogens is 2. The molecule has 0 spiro atoms. The third kappa shape index (κ3) is 3.44. The third-order valence-electron chi connectivity index (χ3n) is 4.67. The lowest BCUT2D eigenvalue weighted by Crippen LogP contribution is -2.39. The van der Waals surface area contributed by atoms with E-state index in [0.29, 0.717) is 17.2 Å². The Kier molecular flexibility index (Phi) is 4.68. The van der Waals surface area contributed by atoms with Crippen LogP contribution in [-0.2, 0) is 9.59 Å². The van der Waals surface area contributed by atoms with E-state index in [2.05, 4.69) is 27.5 Å². The summed E-state index contributed by atoms with van der Waals surface area (Å²) in [7, 11) is 2.16. The maximum Gasteiger partial charge on any atom is 0.226 e. The highest BCUT2D eigenvalue weighted by atomic mass is 32.1. The fourth-order valence-corrected chi connectivity index (χ4v) is 3.78. The van der Waals surface area contributed by atoms with Gasteiger partial charge in [-0.3, -0.25) is 14.5 Å². The lowest BCUT2D eigenvalue weighted by atomic mass is 10.1. The number of nitrogens with one attached hydrogen (secondary N) is 1. The fourth-order valence-electron chi connectivity index (χ4n) is 3.32. The first kappa shape index (κ1) is 15.4. The van der Waals surface area contributed by atoms with Crippen molar-refractivity contribution < 1.29 is 9.59 Å². The maximum absolute atomic E-state index is 12.3. The second-order valence-corrected chi connectivity index (χ2v) is 6.80. The lowest BCUT2D eigenvalue weighted by molar-refractivity contribution is -0.133. The van der Waals surface area contributed by atoms with Crippen LogP contribution in [0.4, 0.5) is 5.13 Å². The summed E-state index contributed by atoms with van der Waals surface area (Å²) >= 11 is 1.27. The molecule has 0 unspecified atom stereocenters. The molecule has 0 aliphatic carbocycles. The molecule has 2 bridgehead atoms. The Labute approximate surface area is 133 Å². The molecule has 1 aromatic rings. The van der Waals surface area contributed by atoms with E-state index in [-0.39, 0.29) is 24.7 Å². The lowest BCUT2D eigenvalue weighted by Gasteiger charge is -2.25. The molecule has 22 heavy (non-hydrogen) atoms. The molecule has 120 valence electrons. The van der Waals surface area contributed by atoms with E-state index in [9.17, 15) is 9.59 Å². The van der Waals surface area contributed by atoms with E-state index < -0.39 is 0 Å². The standard InChI is InChI=1S/C14H21N5O2S/c1-18-10-2-3-11(18)8-19(7-6-10)13(21)5-4-12(20)16-14-17-15-9-22-14/h9-11H,2-8H2,1H3,(H,16,17,20)/t10-,11+/m0/s1. The minimum Gasteiger partial charge on any atom is -0.341 e. The van der Waals surface area contributed by atoms with Crippen molar-refractivity contribution in [3.8, 4) is 0 Å². The Morgan fingerprint density at radius 1 is 1.32 bits per heavy atom. The molecule has 2 aliphatic rings. The van der Waals surface area contributed by atoms with E-state index in [0.717, 1.165) is 19.5 Å². The van der Waals surface area contributed by atoms with Crippen LogP contribution in [-0.4, -0.2) is 64.0 Å². The van der Waals surface area contributed by atoms with Gasteiger partial charge in [0.25, 0.3) is 0 Å². The quantitative estimate of drug-likeness (QED) is 0.892. The second-order valence-electron chi connectivity index (χ2n) is 5.97. The van der Waals surface area contributed by atoms with Crippen molar-refractivity contribution in [1.82, 2.24) is 20.0 Å². The maximum atomic E-state index is 12.3. The molecule has 0 aromatic carbocycles. The van der Waals surface area contributed by atoms with Crippen molar-refractivity contribution in [2.24, 2.45) is 0 Å². The topological polar surface area (TPSA) is 78.4 Å². The summed E-state index contributed by atoms with van der Waals surface area (Å²) in [6.45, 7) is 1.60. The first-order valence-corrected chi connectivity index (χ1v) is 8.57. The number of likely N-dealkylation sites (N-methyl/N-ethyl adjacent to an activating group) is 1. The molecule has 2 amide bonds.